The van der Waals surface area contributed by atoms with E-state index in [1.165, 1.54) is 12.1 Å². The highest BCUT2D eigenvalue weighted by atomic mass is 19.2. The molecule has 0 unspecified atom stereocenters. The highest BCUT2D eigenvalue weighted by Gasteiger charge is 2.16. The third-order valence-corrected chi connectivity index (χ3v) is 2.65. The van der Waals surface area contributed by atoms with Gasteiger partial charge >= 0.3 is 0 Å². The maximum absolute atomic E-state index is 13.5. The van der Waals surface area contributed by atoms with Crippen LogP contribution in [0.15, 0.2) is 24.3 Å². The zero-order chi connectivity index (χ0) is 15.6. The predicted molar refractivity (Wildman–Crippen MR) is 71.1 cm³/mol. The predicted octanol–water partition coefficient (Wildman–Crippen LogP) is 2.35. The molecule has 0 spiro atoms. The molecule has 0 saturated carbocycles. The molecule has 0 saturated heterocycles. The van der Waals surface area contributed by atoms with Crippen molar-refractivity contribution in [1.82, 2.24) is 4.98 Å². The average Bonchev–Trinajstić information content (AvgIpc) is 2.47. The Bertz CT molecular complexity index is 706. The number of carbonyl (C=O) groups excluding carboxylic acids is 1. The number of hydrazine groups is 1. The quantitative estimate of drug-likeness (QED) is 0.461. The zero-order valence-corrected chi connectivity index (χ0v) is 10.9. The SMILES string of the molecule is Cc1cc(C(=O)Nc2ccc(F)c(F)c2F)cc(NN)n1. The number of benzene rings is 1. The van der Waals surface area contributed by atoms with Crippen molar-refractivity contribution >= 4 is 17.4 Å². The number of hydrogen-bond acceptors (Lipinski definition) is 4. The van der Waals surface area contributed by atoms with Gasteiger partial charge in [-0.25, -0.2) is 24.0 Å². The Morgan fingerprint density at radius 2 is 1.90 bits per heavy atom. The summed E-state index contributed by atoms with van der Waals surface area (Å²) in [4.78, 5) is 16.0. The van der Waals surface area contributed by atoms with Gasteiger partial charge < -0.3 is 10.7 Å². The third-order valence-electron chi connectivity index (χ3n) is 2.65. The first-order valence-electron chi connectivity index (χ1n) is 5.82. The Morgan fingerprint density at radius 3 is 2.57 bits per heavy atom. The number of pyridine rings is 1. The monoisotopic (exact) mass is 296 g/mol. The van der Waals surface area contributed by atoms with Crippen LogP contribution in [0.3, 0.4) is 0 Å². The smallest absolute Gasteiger partial charge is 0.255 e. The number of nitrogens with two attached hydrogens (primary N) is 1. The first kappa shape index (κ1) is 14.8. The maximum atomic E-state index is 13.5. The van der Waals surface area contributed by atoms with E-state index in [1.54, 1.807) is 6.92 Å². The summed E-state index contributed by atoms with van der Waals surface area (Å²) in [6.45, 7) is 1.63. The van der Waals surface area contributed by atoms with E-state index in [9.17, 15) is 18.0 Å². The van der Waals surface area contributed by atoms with Gasteiger partial charge in [0.25, 0.3) is 5.91 Å². The number of anilines is 2. The van der Waals surface area contributed by atoms with E-state index in [0.29, 0.717) is 5.69 Å². The fraction of sp³-hybridized carbons (Fsp3) is 0.0769. The fourth-order valence-corrected chi connectivity index (χ4v) is 1.69. The van der Waals surface area contributed by atoms with Crippen molar-refractivity contribution in [3.05, 3.63) is 53.0 Å². The van der Waals surface area contributed by atoms with Crippen LogP contribution >= 0.6 is 0 Å². The molecule has 0 atom stereocenters. The lowest BCUT2D eigenvalue weighted by molar-refractivity contribution is 0.102. The highest BCUT2D eigenvalue weighted by Crippen LogP contribution is 2.20. The molecule has 21 heavy (non-hydrogen) atoms. The lowest BCUT2D eigenvalue weighted by Gasteiger charge is -2.09. The minimum atomic E-state index is -1.65. The number of aromatic nitrogens is 1. The molecule has 0 fully saturated rings. The molecule has 2 aromatic rings. The van der Waals surface area contributed by atoms with E-state index in [0.717, 1.165) is 12.1 Å². The van der Waals surface area contributed by atoms with Crippen LogP contribution in [0, 0.1) is 24.4 Å². The lowest BCUT2D eigenvalue weighted by atomic mass is 10.2. The third kappa shape index (κ3) is 3.11. The number of carbonyl (C=O) groups is 1. The van der Waals surface area contributed by atoms with Crippen molar-refractivity contribution in [3.63, 3.8) is 0 Å². The van der Waals surface area contributed by atoms with Gasteiger partial charge in [0.15, 0.2) is 17.5 Å². The molecule has 1 amide bonds. The molecule has 1 heterocycles. The van der Waals surface area contributed by atoms with Crippen LogP contribution in [0.25, 0.3) is 0 Å². The first-order valence-corrected chi connectivity index (χ1v) is 5.82. The molecule has 1 aromatic carbocycles. The second-order valence-corrected chi connectivity index (χ2v) is 4.20. The molecule has 0 aliphatic carbocycles. The second kappa shape index (κ2) is 5.80. The van der Waals surface area contributed by atoms with Crippen molar-refractivity contribution < 1.29 is 18.0 Å². The number of halogens is 3. The van der Waals surface area contributed by atoms with Crippen molar-refractivity contribution in [2.75, 3.05) is 10.7 Å². The second-order valence-electron chi connectivity index (χ2n) is 4.20. The normalized spacial score (nSPS) is 10.3. The van der Waals surface area contributed by atoms with Crippen molar-refractivity contribution in [3.8, 4) is 0 Å². The summed E-state index contributed by atoms with van der Waals surface area (Å²) >= 11 is 0. The van der Waals surface area contributed by atoms with E-state index < -0.39 is 29.0 Å². The molecule has 0 aliphatic rings. The maximum Gasteiger partial charge on any atom is 0.255 e. The van der Waals surface area contributed by atoms with Gasteiger partial charge in [-0.1, -0.05) is 0 Å². The summed E-state index contributed by atoms with van der Waals surface area (Å²) < 4.78 is 39.4. The molecule has 4 N–H and O–H groups in total. The number of aryl methyl sites for hydroxylation is 1. The summed E-state index contributed by atoms with van der Waals surface area (Å²) in [5.41, 5.74) is 2.46. The largest absolute Gasteiger partial charge is 0.319 e. The summed E-state index contributed by atoms with van der Waals surface area (Å²) in [6.07, 6.45) is 0. The fourth-order valence-electron chi connectivity index (χ4n) is 1.69. The van der Waals surface area contributed by atoms with Gasteiger partial charge in [0.05, 0.1) is 5.69 Å². The molecule has 1 aromatic heterocycles. The molecule has 8 heteroatoms. The zero-order valence-electron chi connectivity index (χ0n) is 10.9. The standard InChI is InChI=1S/C13H11F3N4O/c1-6-4-7(5-10(18-6)20-17)13(21)19-9-3-2-8(14)11(15)12(9)16/h2-5H,17H2,1H3,(H,18,20)(H,19,21). The van der Waals surface area contributed by atoms with Gasteiger partial charge in [-0.15, -0.1) is 0 Å². The molecular weight excluding hydrogens is 285 g/mol. The van der Waals surface area contributed by atoms with Crippen LogP contribution in [-0.2, 0) is 0 Å². The Hall–Kier alpha value is -2.61. The van der Waals surface area contributed by atoms with Crippen LogP contribution in [0.1, 0.15) is 16.1 Å². The topological polar surface area (TPSA) is 80.0 Å². The minimum absolute atomic E-state index is 0.139. The van der Waals surface area contributed by atoms with Gasteiger partial charge in [-0.3, -0.25) is 4.79 Å². The Kier molecular flexibility index (Phi) is 4.08. The van der Waals surface area contributed by atoms with Crippen LogP contribution < -0.4 is 16.6 Å². The van der Waals surface area contributed by atoms with Crippen molar-refractivity contribution in [2.45, 2.75) is 6.92 Å². The van der Waals surface area contributed by atoms with Crippen molar-refractivity contribution in [1.29, 1.82) is 0 Å². The summed E-state index contributed by atoms with van der Waals surface area (Å²) in [7, 11) is 0. The minimum Gasteiger partial charge on any atom is -0.319 e. The van der Waals surface area contributed by atoms with Crippen LogP contribution in [0.2, 0.25) is 0 Å². The molecule has 110 valence electrons. The molecule has 0 aliphatic heterocycles. The summed E-state index contributed by atoms with van der Waals surface area (Å²) in [6, 6.07) is 4.43. The molecule has 5 nitrogen and oxygen atoms in total. The molecule has 0 radical (unpaired) electrons. The number of nitrogens with zero attached hydrogens (tertiary/aromatic N) is 1. The molecule has 0 bridgehead atoms. The van der Waals surface area contributed by atoms with Crippen LogP contribution in [0.4, 0.5) is 24.7 Å². The van der Waals surface area contributed by atoms with Gasteiger partial charge in [-0.2, -0.15) is 0 Å². The Balaban J connectivity index is 2.30. The molecule has 2 rings (SSSR count). The number of rotatable bonds is 3. The summed E-state index contributed by atoms with van der Waals surface area (Å²) in [5, 5.41) is 2.16. The van der Waals surface area contributed by atoms with Crippen molar-refractivity contribution in [2.24, 2.45) is 5.84 Å². The average molecular weight is 296 g/mol. The molecular formula is C13H11F3N4O. The van der Waals surface area contributed by atoms with E-state index in [2.05, 4.69) is 15.7 Å². The summed E-state index contributed by atoms with van der Waals surface area (Å²) in [5.74, 6) is 0.291. The number of hydrogen-bond donors (Lipinski definition) is 3. The van der Waals surface area contributed by atoms with Crippen LogP contribution in [-0.4, -0.2) is 10.9 Å². The van der Waals surface area contributed by atoms with Gasteiger partial charge in [0.1, 0.15) is 5.82 Å². The Labute approximate surface area is 118 Å². The van der Waals surface area contributed by atoms with Gasteiger partial charge in [0, 0.05) is 11.3 Å². The van der Waals surface area contributed by atoms with E-state index in [4.69, 9.17) is 5.84 Å². The Morgan fingerprint density at radius 1 is 1.19 bits per heavy atom. The lowest BCUT2D eigenvalue weighted by Crippen LogP contribution is -2.16. The number of amides is 1. The van der Waals surface area contributed by atoms with E-state index in [-0.39, 0.29) is 11.4 Å². The van der Waals surface area contributed by atoms with Gasteiger partial charge in [-0.05, 0) is 31.2 Å². The highest BCUT2D eigenvalue weighted by molar-refractivity contribution is 6.04. The van der Waals surface area contributed by atoms with E-state index >= 15 is 0 Å². The number of nitrogen functional groups attached to an aromatic ring is 1. The van der Waals surface area contributed by atoms with Gasteiger partial charge in [0.2, 0.25) is 0 Å². The first-order chi connectivity index (χ1) is 9.92. The number of nitrogens with one attached hydrogen (secondary N) is 2. The van der Waals surface area contributed by atoms with E-state index in [1.807, 2.05) is 0 Å². The van der Waals surface area contributed by atoms with Crippen LogP contribution in [0.5, 0.6) is 0 Å².